The van der Waals surface area contributed by atoms with Crippen LogP contribution < -0.4 is 14.9 Å². The fraction of sp³-hybridized carbons (Fsp3) is 0.375. The summed E-state index contributed by atoms with van der Waals surface area (Å²) in [6.45, 7) is 12.7. The highest BCUT2D eigenvalue weighted by Crippen LogP contribution is 2.40. The molecular weight excluding hydrogens is 547 g/mol. The Labute approximate surface area is 247 Å². The van der Waals surface area contributed by atoms with E-state index in [0.717, 1.165) is 27.8 Å². The lowest BCUT2D eigenvalue weighted by Crippen LogP contribution is -2.20. The first-order valence-corrected chi connectivity index (χ1v) is 13.9. The van der Waals surface area contributed by atoms with E-state index in [2.05, 4.69) is 52.1 Å². The Morgan fingerprint density at radius 2 is 1.60 bits per heavy atom. The highest BCUT2D eigenvalue weighted by Gasteiger charge is 2.26. The van der Waals surface area contributed by atoms with Gasteiger partial charge in [0.2, 0.25) is 5.91 Å². The summed E-state index contributed by atoms with van der Waals surface area (Å²) in [5, 5.41) is 16.1. The van der Waals surface area contributed by atoms with E-state index in [1.54, 1.807) is 37.6 Å². The minimum atomic E-state index is -0.228. The number of carbonyl (C=O) groups is 1. The SMILES string of the molecule is COc1ccc(/C=N\NC(=O)CCc2cc(C(C)(C)C)c(O)c(C(C)(C)C)c2)cc1OCc1ccc(Cl)cc1Cl. The number of carbonyl (C=O) groups excluding carboxylic acids is 1. The van der Waals surface area contributed by atoms with E-state index >= 15 is 0 Å². The Balaban J connectivity index is 1.65. The molecule has 6 nitrogen and oxygen atoms in total. The number of methoxy groups -OCH3 is 1. The summed E-state index contributed by atoms with van der Waals surface area (Å²) in [6, 6.07) is 14.6. The summed E-state index contributed by atoms with van der Waals surface area (Å²) in [7, 11) is 1.56. The molecule has 0 unspecified atom stereocenters. The molecule has 0 heterocycles. The number of rotatable bonds is 9. The van der Waals surface area contributed by atoms with Gasteiger partial charge in [-0.15, -0.1) is 0 Å². The van der Waals surface area contributed by atoms with Crippen LogP contribution in [0.5, 0.6) is 17.2 Å². The molecule has 0 aromatic heterocycles. The van der Waals surface area contributed by atoms with E-state index in [1.807, 2.05) is 24.3 Å². The lowest BCUT2D eigenvalue weighted by atomic mass is 9.78. The molecule has 214 valence electrons. The molecule has 3 rings (SSSR count). The number of halogens is 2. The highest BCUT2D eigenvalue weighted by atomic mass is 35.5. The molecule has 8 heteroatoms. The maximum absolute atomic E-state index is 12.6. The smallest absolute Gasteiger partial charge is 0.240 e. The number of benzene rings is 3. The maximum Gasteiger partial charge on any atom is 0.240 e. The predicted octanol–water partition coefficient (Wildman–Crippen LogP) is 7.96. The number of hydrogen-bond acceptors (Lipinski definition) is 5. The van der Waals surface area contributed by atoms with Gasteiger partial charge in [0, 0.05) is 22.0 Å². The summed E-state index contributed by atoms with van der Waals surface area (Å²) < 4.78 is 11.4. The fourth-order valence-corrected chi connectivity index (χ4v) is 4.62. The molecule has 0 atom stereocenters. The molecule has 1 amide bonds. The van der Waals surface area contributed by atoms with Crippen LogP contribution in [-0.4, -0.2) is 24.3 Å². The summed E-state index contributed by atoms with van der Waals surface area (Å²) >= 11 is 12.2. The fourth-order valence-electron chi connectivity index (χ4n) is 4.16. The van der Waals surface area contributed by atoms with E-state index in [1.165, 1.54) is 0 Å². The number of phenolic OH excluding ortho intramolecular Hbond substituents is 1. The zero-order valence-corrected chi connectivity index (χ0v) is 25.7. The number of nitrogens with zero attached hydrogens (tertiary/aromatic N) is 1. The van der Waals surface area contributed by atoms with Gasteiger partial charge in [-0.05, 0) is 69.8 Å². The van der Waals surface area contributed by atoms with Crippen LogP contribution in [0.3, 0.4) is 0 Å². The second-order valence-corrected chi connectivity index (χ2v) is 12.6. The van der Waals surface area contributed by atoms with Gasteiger partial charge < -0.3 is 14.6 Å². The van der Waals surface area contributed by atoms with Crippen molar-refractivity contribution >= 4 is 35.3 Å². The van der Waals surface area contributed by atoms with E-state index in [0.29, 0.717) is 33.7 Å². The number of aryl methyl sites for hydroxylation is 1. The van der Waals surface area contributed by atoms with E-state index < -0.39 is 0 Å². The molecular formula is C32H38Cl2N2O4. The van der Waals surface area contributed by atoms with Crippen molar-refractivity contribution in [2.45, 2.75) is 71.8 Å². The topological polar surface area (TPSA) is 80.2 Å². The van der Waals surface area contributed by atoms with Gasteiger partial charge in [-0.2, -0.15) is 5.10 Å². The molecule has 0 bridgehead atoms. The molecule has 3 aromatic rings. The van der Waals surface area contributed by atoms with Crippen LogP contribution in [-0.2, 0) is 28.7 Å². The number of hydrogen-bond donors (Lipinski definition) is 2. The van der Waals surface area contributed by atoms with Crippen LogP contribution >= 0.6 is 23.2 Å². The van der Waals surface area contributed by atoms with Gasteiger partial charge in [0.15, 0.2) is 11.5 Å². The average molecular weight is 586 g/mol. The third-order valence-electron chi connectivity index (χ3n) is 6.42. The summed E-state index contributed by atoms with van der Waals surface area (Å²) in [6.07, 6.45) is 2.34. The molecule has 0 fully saturated rings. The van der Waals surface area contributed by atoms with Crippen molar-refractivity contribution in [1.29, 1.82) is 0 Å². The summed E-state index contributed by atoms with van der Waals surface area (Å²) in [4.78, 5) is 12.6. The Morgan fingerprint density at radius 1 is 0.950 bits per heavy atom. The molecule has 0 aliphatic carbocycles. The molecule has 3 aromatic carbocycles. The van der Waals surface area contributed by atoms with Gasteiger partial charge in [0.05, 0.1) is 13.3 Å². The molecule has 0 saturated carbocycles. The van der Waals surface area contributed by atoms with E-state index in [4.69, 9.17) is 32.7 Å². The molecule has 0 spiro atoms. The van der Waals surface area contributed by atoms with Crippen molar-refractivity contribution in [3.8, 4) is 17.2 Å². The first-order valence-electron chi connectivity index (χ1n) is 13.1. The van der Waals surface area contributed by atoms with Crippen LogP contribution in [0.4, 0.5) is 0 Å². The Kier molecular flexibility index (Phi) is 10.1. The number of phenols is 1. The van der Waals surface area contributed by atoms with Crippen molar-refractivity contribution in [3.05, 3.63) is 86.4 Å². The Bertz CT molecular complexity index is 1350. The van der Waals surface area contributed by atoms with Crippen LogP contribution in [0.1, 0.15) is 75.8 Å². The minimum Gasteiger partial charge on any atom is -0.507 e. The van der Waals surface area contributed by atoms with E-state index in [-0.39, 0.29) is 29.8 Å². The van der Waals surface area contributed by atoms with Crippen LogP contribution in [0.15, 0.2) is 53.6 Å². The normalized spacial score (nSPS) is 12.0. The van der Waals surface area contributed by atoms with Crippen molar-refractivity contribution < 1.29 is 19.4 Å². The van der Waals surface area contributed by atoms with Crippen LogP contribution in [0, 0.1) is 0 Å². The summed E-state index contributed by atoms with van der Waals surface area (Å²) in [5.74, 6) is 1.20. The van der Waals surface area contributed by atoms with Gasteiger partial charge in [-0.3, -0.25) is 4.79 Å². The lowest BCUT2D eigenvalue weighted by Gasteiger charge is -2.28. The largest absolute Gasteiger partial charge is 0.507 e. The van der Waals surface area contributed by atoms with E-state index in [9.17, 15) is 9.90 Å². The number of nitrogens with one attached hydrogen (secondary N) is 1. The number of hydrazone groups is 1. The zero-order chi connectivity index (χ0) is 29.7. The van der Waals surface area contributed by atoms with Crippen LogP contribution in [0.25, 0.3) is 0 Å². The molecule has 40 heavy (non-hydrogen) atoms. The van der Waals surface area contributed by atoms with Crippen LogP contribution in [0.2, 0.25) is 10.0 Å². The predicted molar refractivity (Wildman–Crippen MR) is 163 cm³/mol. The monoisotopic (exact) mass is 584 g/mol. The van der Waals surface area contributed by atoms with Crippen molar-refractivity contribution in [2.75, 3.05) is 7.11 Å². The van der Waals surface area contributed by atoms with Crippen molar-refractivity contribution in [1.82, 2.24) is 5.43 Å². The Hall–Kier alpha value is -3.22. The number of amides is 1. The number of ether oxygens (including phenoxy) is 2. The van der Waals surface area contributed by atoms with Gasteiger partial charge in [0.25, 0.3) is 0 Å². The van der Waals surface area contributed by atoms with Gasteiger partial charge >= 0.3 is 0 Å². The standard InChI is InChI=1S/C32H38Cl2N2O4/c1-31(2,3)24-14-20(15-25(30(24)38)32(4,5)6)9-13-29(37)36-35-18-21-8-12-27(39-7)28(16-21)40-19-22-10-11-23(33)17-26(22)34/h8,10-12,14-18,38H,9,13,19H2,1-7H3,(H,36,37)/b35-18-. The summed E-state index contributed by atoms with van der Waals surface area (Å²) in [5.41, 5.74) is 6.42. The first-order chi connectivity index (χ1) is 18.7. The maximum atomic E-state index is 12.6. The molecule has 0 aliphatic rings. The number of aromatic hydroxyl groups is 1. The highest BCUT2D eigenvalue weighted by molar-refractivity contribution is 6.35. The lowest BCUT2D eigenvalue weighted by molar-refractivity contribution is -0.121. The molecule has 2 N–H and O–H groups in total. The third kappa shape index (κ3) is 8.39. The third-order valence-corrected chi connectivity index (χ3v) is 7.00. The Morgan fingerprint density at radius 3 is 2.17 bits per heavy atom. The van der Waals surface area contributed by atoms with Crippen molar-refractivity contribution in [3.63, 3.8) is 0 Å². The second kappa shape index (κ2) is 13.0. The minimum absolute atomic E-state index is 0.207. The second-order valence-electron chi connectivity index (χ2n) is 11.8. The van der Waals surface area contributed by atoms with Gasteiger partial charge in [-0.25, -0.2) is 5.43 Å². The first kappa shape index (κ1) is 31.3. The van der Waals surface area contributed by atoms with Gasteiger partial charge in [0.1, 0.15) is 12.4 Å². The van der Waals surface area contributed by atoms with Crippen molar-refractivity contribution in [2.24, 2.45) is 5.10 Å². The van der Waals surface area contributed by atoms with Gasteiger partial charge in [-0.1, -0.05) is 82.9 Å². The molecule has 0 radical (unpaired) electrons. The molecule has 0 aliphatic heterocycles. The zero-order valence-electron chi connectivity index (χ0n) is 24.2. The quantitative estimate of drug-likeness (QED) is 0.197. The average Bonchev–Trinajstić information content (AvgIpc) is 2.86. The molecule has 0 saturated heterocycles.